The van der Waals surface area contributed by atoms with Gasteiger partial charge < -0.3 is 15.4 Å². The summed E-state index contributed by atoms with van der Waals surface area (Å²) in [6, 6.07) is 6.15. The molecule has 0 saturated heterocycles. The van der Waals surface area contributed by atoms with E-state index in [1.54, 1.807) is 7.11 Å². The number of methoxy groups -OCH3 is 1. The van der Waals surface area contributed by atoms with Crippen molar-refractivity contribution in [2.75, 3.05) is 32.6 Å². The fraction of sp³-hybridized carbons (Fsp3) is 0.500. The molecule has 0 aromatic heterocycles. The van der Waals surface area contributed by atoms with Gasteiger partial charge in [-0.15, -0.1) is 0 Å². The molecule has 1 rings (SSSR count). The van der Waals surface area contributed by atoms with Gasteiger partial charge in [0.15, 0.2) is 0 Å². The number of hydrogen-bond acceptors (Lipinski definition) is 3. The van der Waals surface area contributed by atoms with Crippen molar-refractivity contribution in [1.82, 2.24) is 5.32 Å². The molecule has 0 spiro atoms. The lowest BCUT2D eigenvalue weighted by molar-refractivity contribution is 0.412. The molecule has 0 fully saturated rings. The van der Waals surface area contributed by atoms with E-state index < -0.39 is 0 Å². The van der Waals surface area contributed by atoms with E-state index in [2.05, 4.69) is 23.6 Å². The lowest BCUT2D eigenvalue weighted by Gasteiger charge is -2.09. The second-order valence-electron chi connectivity index (χ2n) is 3.57. The van der Waals surface area contributed by atoms with Crippen molar-refractivity contribution in [2.45, 2.75) is 13.3 Å². The molecule has 3 heteroatoms. The Kier molecular flexibility index (Phi) is 4.98. The van der Waals surface area contributed by atoms with E-state index in [1.165, 1.54) is 0 Å². The maximum Gasteiger partial charge on any atom is 0.121 e. The monoisotopic (exact) mass is 208 g/mol. The van der Waals surface area contributed by atoms with E-state index in [1.807, 2.05) is 19.2 Å². The van der Waals surface area contributed by atoms with Crippen molar-refractivity contribution in [3.63, 3.8) is 0 Å². The van der Waals surface area contributed by atoms with Gasteiger partial charge in [0.1, 0.15) is 5.75 Å². The average molecular weight is 208 g/mol. The van der Waals surface area contributed by atoms with E-state index >= 15 is 0 Å². The summed E-state index contributed by atoms with van der Waals surface area (Å²) in [5, 5.41) is 6.50. The molecule has 0 bridgehead atoms. The summed E-state index contributed by atoms with van der Waals surface area (Å²) in [5.41, 5.74) is 2.32. The minimum atomic E-state index is 0.941. The molecule has 1 aromatic rings. The highest BCUT2D eigenvalue weighted by molar-refractivity contribution is 5.50. The second-order valence-corrected chi connectivity index (χ2v) is 3.57. The van der Waals surface area contributed by atoms with Crippen LogP contribution in [0, 0.1) is 6.92 Å². The zero-order chi connectivity index (χ0) is 11.1. The summed E-state index contributed by atoms with van der Waals surface area (Å²) in [4.78, 5) is 0. The molecule has 0 radical (unpaired) electrons. The average Bonchev–Trinajstić information content (AvgIpc) is 2.25. The summed E-state index contributed by atoms with van der Waals surface area (Å²) in [6.45, 7) is 4.09. The minimum Gasteiger partial charge on any atom is -0.496 e. The third-order valence-electron chi connectivity index (χ3n) is 2.33. The van der Waals surface area contributed by atoms with Crippen LogP contribution in [0.15, 0.2) is 18.2 Å². The van der Waals surface area contributed by atoms with Crippen molar-refractivity contribution in [3.05, 3.63) is 23.8 Å². The Morgan fingerprint density at radius 3 is 2.67 bits per heavy atom. The van der Waals surface area contributed by atoms with Gasteiger partial charge in [-0.3, -0.25) is 0 Å². The van der Waals surface area contributed by atoms with Crippen LogP contribution in [0.1, 0.15) is 12.0 Å². The normalized spacial score (nSPS) is 10.1. The van der Waals surface area contributed by atoms with Gasteiger partial charge in [0.2, 0.25) is 0 Å². The van der Waals surface area contributed by atoms with Crippen molar-refractivity contribution in [3.8, 4) is 5.75 Å². The van der Waals surface area contributed by atoms with Crippen LogP contribution in [0.2, 0.25) is 0 Å². The summed E-state index contributed by atoms with van der Waals surface area (Å²) in [6.07, 6.45) is 1.13. The SMILES string of the molecule is CNCCCNc1ccc(OC)c(C)c1. The third kappa shape index (κ3) is 3.80. The molecule has 0 heterocycles. The summed E-state index contributed by atoms with van der Waals surface area (Å²) >= 11 is 0. The number of ether oxygens (including phenoxy) is 1. The Bertz CT molecular complexity index is 300. The van der Waals surface area contributed by atoms with E-state index in [0.717, 1.165) is 36.5 Å². The number of hydrogen-bond donors (Lipinski definition) is 2. The number of aryl methyl sites for hydroxylation is 1. The quantitative estimate of drug-likeness (QED) is 0.702. The highest BCUT2D eigenvalue weighted by atomic mass is 16.5. The van der Waals surface area contributed by atoms with Crippen molar-refractivity contribution in [2.24, 2.45) is 0 Å². The van der Waals surface area contributed by atoms with Gasteiger partial charge in [-0.2, -0.15) is 0 Å². The molecule has 0 atom stereocenters. The highest BCUT2D eigenvalue weighted by Crippen LogP contribution is 2.21. The van der Waals surface area contributed by atoms with Crippen LogP contribution in [0.3, 0.4) is 0 Å². The van der Waals surface area contributed by atoms with Crippen LogP contribution in [-0.4, -0.2) is 27.2 Å². The van der Waals surface area contributed by atoms with E-state index in [4.69, 9.17) is 4.74 Å². The molecule has 0 aliphatic carbocycles. The van der Waals surface area contributed by atoms with Gasteiger partial charge in [-0.1, -0.05) is 0 Å². The molecule has 0 unspecified atom stereocenters. The van der Waals surface area contributed by atoms with Crippen LogP contribution in [0.5, 0.6) is 5.75 Å². The second kappa shape index (κ2) is 6.30. The Balaban J connectivity index is 2.45. The first-order valence-corrected chi connectivity index (χ1v) is 5.31. The van der Waals surface area contributed by atoms with Crippen LogP contribution in [0.4, 0.5) is 5.69 Å². The Morgan fingerprint density at radius 1 is 1.27 bits per heavy atom. The van der Waals surface area contributed by atoms with Crippen LogP contribution in [-0.2, 0) is 0 Å². The van der Waals surface area contributed by atoms with E-state index in [0.29, 0.717) is 0 Å². The van der Waals surface area contributed by atoms with Crippen molar-refractivity contribution in [1.29, 1.82) is 0 Å². The number of benzene rings is 1. The van der Waals surface area contributed by atoms with Gasteiger partial charge in [0.25, 0.3) is 0 Å². The molecule has 0 saturated carbocycles. The topological polar surface area (TPSA) is 33.3 Å². The molecule has 0 aliphatic heterocycles. The first-order chi connectivity index (χ1) is 7.27. The molecule has 15 heavy (non-hydrogen) atoms. The first-order valence-electron chi connectivity index (χ1n) is 5.31. The Hall–Kier alpha value is -1.22. The predicted octanol–water partition coefficient (Wildman–Crippen LogP) is 2.03. The lowest BCUT2D eigenvalue weighted by atomic mass is 10.2. The van der Waals surface area contributed by atoms with Crippen LogP contribution in [0.25, 0.3) is 0 Å². The smallest absolute Gasteiger partial charge is 0.121 e. The van der Waals surface area contributed by atoms with Gasteiger partial charge >= 0.3 is 0 Å². The maximum absolute atomic E-state index is 5.21. The number of anilines is 1. The molecular formula is C12H20N2O. The van der Waals surface area contributed by atoms with Gasteiger partial charge in [-0.05, 0) is 50.7 Å². The zero-order valence-corrected chi connectivity index (χ0v) is 9.76. The number of rotatable bonds is 6. The summed E-state index contributed by atoms with van der Waals surface area (Å²) in [7, 11) is 3.67. The van der Waals surface area contributed by atoms with Gasteiger partial charge in [0.05, 0.1) is 7.11 Å². The van der Waals surface area contributed by atoms with Gasteiger partial charge in [-0.25, -0.2) is 0 Å². The van der Waals surface area contributed by atoms with E-state index in [9.17, 15) is 0 Å². The Morgan fingerprint density at radius 2 is 2.07 bits per heavy atom. The fourth-order valence-corrected chi connectivity index (χ4v) is 1.49. The fourth-order valence-electron chi connectivity index (χ4n) is 1.49. The molecule has 1 aromatic carbocycles. The molecule has 0 amide bonds. The third-order valence-corrected chi connectivity index (χ3v) is 2.33. The molecule has 3 nitrogen and oxygen atoms in total. The maximum atomic E-state index is 5.21. The van der Waals surface area contributed by atoms with Crippen LogP contribution < -0.4 is 15.4 Å². The van der Waals surface area contributed by atoms with Crippen LogP contribution >= 0.6 is 0 Å². The van der Waals surface area contributed by atoms with Crippen molar-refractivity contribution >= 4 is 5.69 Å². The molecular weight excluding hydrogens is 188 g/mol. The zero-order valence-electron chi connectivity index (χ0n) is 9.76. The minimum absolute atomic E-state index is 0.941. The highest BCUT2D eigenvalue weighted by Gasteiger charge is 1.98. The summed E-state index contributed by atoms with van der Waals surface area (Å²) < 4.78 is 5.21. The summed E-state index contributed by atoms with van der Waals surface area (Å²) in [5.74, 6) is 0.941. The van der Waals surface area contributed by atoms with E-state index in [-0.39, 0.29) is 0 Å². The van der Waals surface area contributed by atoms with Gasteiger partial charge in [0, 0.05) is 12.2 Å². The Labute approximate surface area is 91.8 Å². The largest absolute Gasteiger partial charge is 0.496 e. The predicted molar refractivity (Wildman–Crippen MR) is 64.8 cm³/mol. The number of nitrogens with one attached hydrogen (secondary N) is 2. The first kappa shape index (κ1) is 11.9. The standard InChI is InChI=1S/C12H20N2O/c1-10-9-11(5-6-12(10)15-3)14-8-4-7-13-2/h5-6,9,13-14H,4,7-8H2,1-3H3. The molecule has 0 aliphatic rings. The molecule has 84 valence electrons. The molecule has 2 N–H and O–H groups in total. The lowest BCUT2D eigenvalue weighted by Crippen LogP contribution is -2.12. The van der Waals surface area contributed by atoms with Crippen molar-refractivity contribution < 1.29 is 4.74 Å².